The summed E-state index contributed by atoms with van der Waals surface area (Å²) >= 11 is 0. The smallest absolute Gasteiger partial charge is 0.247 e. The van der Waals surface area contributed by atoms with Gasteiger partial charge in [0.05, 0.1) is 23.6 Å². The summed E-state index contributed by atoms with van der Waals surface area (Å²) in [4.78, 5) is 28.0. The first-order chi connectivity index (χ1) is 13.6. The molecule has 2 aliphatic rings. The van der Waals surface area contributed by atoms with E-state index in [0.717, 1.165) is 12.1 Å². The SMILES string of the molecule is CN1CC(C(=O)NCCc2ccccc2)C2NN(c3ccccc3)C(=O)C2C1. The first-order valence-corrected chi connectivity index (χ1v) is 9.79. The molecule has 2 N–H and O–H groups in total. The molecule has 4 rings (SSSR count). The van der Waals surface area contributed by atoms with Crippen LogP contribution in [0.4, 0.5) is 5.69 Å². The molecule has 0 saturated carbocycles. The number of fused-ring (bicyclic) bond motifs is 1. The van der Waals surface area contributed by atoms with Crippen LogP contribution in [0.5, 0.6) is 0 Å². The van der Waals surface area contributed by atoms with E-state index in [1.54, 1.807) is 5.01 Å². The molecule has 0 radical (unpaired) electrons. The van der Waals surface area contributed by atoms with Gasteiger partial charge in [-0.15, -0.1) is 0 Å². The Labute approximate surface area is 165 Å². The lowest BCUT2D eigenvalue weighted by molar-refractivity contribution is -0.129. The summed E-state index contributed by atoms with van der Waals surface area (Å²) in [6.45, 7) is 1.89. The molecule has 28 heavy (non-hydrogen) atoms. The van der Waals surface area contributed by atoms with Crippen LogP contribution in [0.25, 0.3) is 0 Å². The molecule has 2 amide bonds. The topological polar surface area (TPSA) is 64.7 Å². The number of rotatable bonds is 5. The van der Waals surface area contributed by atoms with Crippen molar-refractivity contribution in [1.29, 1.82) is 0 Å². The number of nitrogens with zero attached hydrogens (tertiary/aromatic N) is 2. The van der Waals surface area contributed by atoms with Crippen LogP contribution in [0.2, 0.25) is 0 Å². The molecule has 2 heterocycles. The Kier molecular flexibility index (Phi) is 5.41. The zero-order valence-corrected chi connectivity index (χ0v) is 16.0. The molecule has 2 aliphatic heterocycles. The summed E-state index contributed by atoms with van der Waals surface area (Å²) in [5.41, 5.74) is 5.33. The summed E-state index contributed by atoms with van der Waals surface area (Å²) in [5, 5.41) is 4.68. The van der Waals surface area contributed by atoms with Crippen LogP contribution in [-0.4, -0.2) is 49.4 Å². The van der Waals surface area contributed by atoms with Crippen LogP contribution < -0.4 is 15.8 Å². The van der Waals surface area contributed by atoms with Crippen molar-refractivity contribution in [3.8, 4) is 0 Å². The van der Waals surface area contributed by atoms with Gasteiger partial charge in [0.1, 0.15) is 0 Å². The van der Waals surface area contributed by atoms with Crippen LogP contribution in [0, 0.1) is 11.8 Å². The van der Waals surface area contributed by atoms with Gasteiger partial charge in [-0.1, -0.05) is 48.5 Å². The van der Waals surface area contributed by atoms with Crippen molar-refractivity contribution in [2.75, 3.05) is 31.7 Å². The number of likely N-dealkylation sites (tertiary alicyclic amines) is 1. The average Bonchev–Trinajstić information content (AvgIpc) is 3.05. The van der Waals surface area contributed by atoms with Gasteiger partial charge >= 0.3 is 0 Å². The summed E-state index contributed by atoms with van der Waals surface area (Å²) in [6.07, 6.45) is 0.797. The number of anilines is 1. The van der Waals surface area contributed by atoms with Gasteiger partial charge < -0.3 is 10.2 Å². The van der Waals surface area contributed by atoms with Gasteiger partial charge in [0.25, 0.3) is 0 Å². The number of carbonyl (C=O) groups is 2. The van der Waals surface area contributed by atoms with Crippen molar-refractivity contribution in [3.05, 3.63) is 66.2 Å². The van der Waals surface area contributed by atoms with Crippen LogP contribution in [0.1, 0.15) is 5.56 Å². The van der Waals surface area contributed by atoms with E-state index in [1.807, 2.05) is 55.6 Å². The van der Waals surface area contributed by atoms with Gasteiger partial charge in [0.2, 0.25) is 11.8 Å². The lowest BCUT2D eigenvalue weighted by Gasteiger charge is -2.36. The summed E-state index contributed by atoms with van der Waals surface area (Å²) < 4.78 is 0. The maximum Gasteiger partial charge on any atom is 0.247 e. The lowest BCUT2D eigenvalue weighted by atomic mass is 9.84. The molecule has 0 aromatic heterocycles. The standard InChI is InChI=1S/C22H26N4O2/c1-25-14-18(21(27)23-13-12-16-8-4-2-5-9-16)20-19(15-25)22(28)26(24-20)17-10-6-3-7-11-17/h2-11,18-20,24H,12-15H2,1H3,(H,23,27). The van der Waals surface area contributed by atoms with E-state index in [9.17, 15) is 9.59 Å². The highest BCUT2D eigenvalue weighted by Crippen LogP contribution is 2.31. The first kappa shape index (κ1) is 18.7. The van der Waals surface area contributed by atoms with Gasteiger partial charge in [-0.25, -0.2) is 10.4 Å². The van der Waals surface area contributed by atoms with Crippen molar-refractivity contribution in [2.45, 2.75) is 12.5 Å². The lowest BCUT2D eigenvalue weighted by Crippen LogP contribution is -2.56. The third-order valence-corrected chi connectivity index (χ3v) is 5.61. The fourth-order valence-corrected chi connectivity index (χ4v) is 4.17. The van der Waals surface area contributed by atoms with Crippen LogP contribution in [0.15, 0.2) is 60.7 Å². The van der Waals surface area contributed by atoms with Crippen molar-refractivity contribution in [2.24, 2.45) is 11.8 Å². The molecule has 146 valence electrons. The van der Waals surface area contributed by atoms with E-state index in [-0.39, 0.29) is 29.7 Å². The fourth-order valence-electron chi connectivity index (χ4n) is 4.17. The van der Waals surface area contributed by atoms with Gasteiger partial charge in [0.15, 0.2) is 0 Å². The number of carbonyl (C=O) groups excluding carboxylic acids is 2. The molecule has 3 unspecified atom stereocenters. The largest absolute Gasteiger partial charge is 0.355 e. The van der Waals surface area contributed by atoms with Crippen LogP contribution in [-0.2, 0) is 16.0 Å². The number of hydrogen-bond donors (Lipinski definition) is 2. The Balaban J connectivity index is 1.43. The zero-order chi connectivity index (χ0) is 19.5. The zero-order valence-electron chi connectivity index (χ0n) is 16.0. The van der Waals surface area contributed by atoms with Crippen molar-refractivity contribution >= 4 is 17.5 Å². The molecule has 3 atom stereocenters. The minimum Gasteiger partial charge on any atom is -0.355 e. The molecule has 6 nitrogen and oxygen atoms in total. The Morgan fingerprint density at radius 1 is 1.07 bits per heavy atom. The number of nitrogens with one attached hydrogen (secondary N) is 2. The first-order valence-electron chi connectivity index (χ1n) is 9.79. The van der Waals surface area contributed by atoms with Crippen LogP contribution >= 0.6 is 0 Å². The monoisotopic (exact) mass is 378 g/mol. The second-order valence-corrected chi connectivity index (χ2v) is 7.62. The van der Waals surface area contributed by atoms with Gasteiger partial charge in [0, 0.05) is 19.6 Å². The molecule has 0 aliphatic carbocycles. The predicted molar refractivity (Wildman–Crippen MR) is 108 cm³/mol. The molecular weight excluding hydrogens is 352 g/mol. The van der Waals surface area contributed by atoms with E-state index in [4.69, 9.17) is 0 Å². The predicted octanol–water partition coefficient (Wildman–Crippen LogP) is 1.44. The molecule has 6 heteroatoms. The molecular formula is C22H26N4O2. The van der Waals surface area contributed by atoms with E-state index in [0.29, 0.717) is 19.6 Å². The average molecular weight is 378 g/mol. The molecule has 2 aromatic carbocycles. The van der Waals surface area contributed by atoms with Crippen molar-refractivity contribution in [1.82, 2.24) is 15.6 Å². The number of para-hydroxylation sites is 1. The molecule has 2 saturated heterocycles. The van der Waals surface area contributed by atoms with E-state index in [1.165, 1.54) is 5.56 Å². The normalized spacial score (nSPS) is 24.8. The number of hydrogen-bond acceptors (Lipinski definition) is 4. The summed E-state index contributed by atoms with van der Waals surface area (Å²) in [6, 6.07) is 19.5. The molecule has 0 bridgehead atoms. The Hall–Kier alpha value is -2.70. The van der Waals surface area contributed by atoms with E-state index < -0.39 is 0 Å². The second-order valence-electron chi connectivity index (χ2n) is 7.62. The minimum absolute atomic E-state index is 0.00712. The van der Waals surface area contributed by atoms with Gasteiger partial charge in [-0.05, 0) is 31.2 Å². The second kappa shape index (κ2) is 8.12. The number of amides is 2. The maximum atomic E-state index is 13.0. The number of benzene rings is 2. The Bertz CT molecular complexity index is 827. The van der Waals surface area contributed by atoms with Crippen molar-refractivity contribution in [3.63, 3.8) is 0 Å². The highest BCUT2D eigenvalue weighted by Gasteiger charge is 2.50. The molecule has 2 fully saturated rings. The summed E-state index contributed by atoms with van der Waals surface area (Å²) in [5.74, 6) is -0.446. The minimum atomic E-state index is -0.266. The van der Waals surface area contributed by atoms with E-state index in [2.05, 4.69) is 27.8 Å². The van der Waals surface area contributed by atoms with Crippen molar-refractivity contribution < 1.29 is 9.59 Å². The molecule has 0 spiro atoms. The number of hydrazine groups is 1. The highest BCUT2D eigenvalue weighted by atomic mass is 16.2. The Morgan fingerprint density at radius 3 is 2.46 bits per heavy atom. The molecule has 2 aromatic rings. The third-order valence-electron chi connectivity index (χ3n) is 5.61. The fraction of sp³-hybridized carbons (Fsp3) is 0.364. The third kappa shape index (κ3) is 3.79. The number of piperidine rings is 1. The summed E-state index contributed by atoms with van der Waals surface area (Å²) in [7, 11) is 1.97. The maximum absolute atomic E-state index is 13.0. The van der Waals surface area contributed by atoms with Gasteiger partial charge in [-0.3, -0.25) is 9.59 Å². The van der Waals surface area contributed by atoms with Crippen LogP contribution in [0.3, 0.4) is 0 Å². The highest BCUT2D eigenvalue weighted by molar-refractivity contribution is 5.98. The van der Waals surface area contributed by atoms with E-state index >= 15 is 0 Å². The van der Waals surface area contributed by atoms with Gasteiger partial charge in [-0.2, -0.15) is 0 Å². The quantitative estimate of drug-likeness (QED) is 0.827. The Morgan fingerprint density at radius 2 is 1.75 bits per heavy atom.